The van der Waals surface area contributed by atoms with E-state index in [1.807, 2.05) is 4.90 Å². The van der Waals surface area contributed by atoms with E-state index in [0.29, 0.717) is 21.9 Å². The average molecular weight is 342 g/mol. The molecule has 4 heteroatoms. The number of hydrogen-bond donors (Lipinski definition) is 0. The molecule has 1 saturated heterocycles. The molecule has 20 heavy (non-hydrogen) atoms. The van der Waals surface area contributed by atoms with Gasteiger partial charge in [-0.25, -0.2) is 4.39 Å². The number of benzene rings is 1. The molecular formula is C16H21BrFNO. The second kappa shape index (κ2) is 6.70. The van der Waals surface area contributed by atoms with Crippen LogP contribution in [0.5, 0.6) is 0 Å². The van der Waals surface area contributed by atoms with Gasteiger partial charge < -0.3 is 4.90 Å². The Hall–Kier alpha value is -0.900. The predicted octanol–water partition coefficient (Wildman–Crippen LogP) is 4.49. The zero-order valence-electron chi connectivity index (χ0n) is 12.0. The first-order valence-corrected chi connectivity index (χ1v) is 8.02. The van der Waals surface area contributed by atoms with Crippen molar-refractivity contribution in [3.05, 3.63) is 34.1 Å². The smallest absolute Gasteiger partial charge is 0.253 e. The second-order valence-electron chi connectivity index (χ2n) is 5.86. The van der Waals surface area contributed by atoms with Crippen LogP contribution in [-0.4, -0.2) is 23.9 Å². The molecule has 0 aromatic heterocycles. The summed E-state index contributed by atoms with van der Waals surface area (Å²) in [5.74, 6) is 1.05. The fourth-order valence-electron chi connectivity index (χ4n) is 2.80. The number of halogens is 2. The Morgan fingerprint density at radius 3 is 2.75 bits per heavy atom. The van der Waals surface area contributed by atoms with Crippen molar-refractivity contribution < 1.29 is 9.18 Å². The van der Waals surface area contributed by atoms with E-state index < -0.39 is 0 Å². The molecule has 1 aliphatic rings. The molecule has 110 valence electrons. The van der Waals surface area contributed by atoms with Gasteiger partial charge in [0.1, 0.15) is 5.82 Å². The van der Waals surface area contributed by atoms with E-state index >= 15 is 0 Å². The van der Waals surface area contributed by atoms with E-state index in [-0.39, 0.29) is 11.7 Å². The summed E-state index contributed by atoms with van der Waals surface area (Å²) < 4.78 is 13.6. The van der Waals surface area contributed by atoms with Crippen LogP contribution in [0.1, 0.15) is 43.5 Å². The largest absolute Gasteiger partial charge is 0.339 e. The van der Waals surface area contributed by atoms with Crippen LogP contribution in [-0.2, 0) is 0 Å². The molecule has 1 atom stereocenters. The van der Waals surface area contributed by atoms with Gasteiger partial charge in [0.2, 0.25) is 0 Å². The van der Waals surface area contributed by atoms with Crippen LogP contribution in [0.15, 0.2) is 22.7 Å². The Balaban J connectivity index is 2.07. The zero-order chi connectivity index (χ0) is 14.7. The Morgan fingerprint density at radius 1 is 1.35 bits per heavy atom. The topological polar surface area (TPSA) is 20.3 Å². The van der Waals surface area contributed by atoms with Crippen molar-refractivity contribution in [2.75, 3.05) is 13.1 Å². The lowest BCUT2D eigenvalue weighted by atomic mass is 9.89. The minimum atomic E-state index is -0.336. The first kappa shape index (κ1) is 15.5. The highest BCUT2D eigenvalue weighted by molar-refractivity contribution is 9.10. The molecule has 1 fully saturated rings. The lowest BCUT2D eigenvalue weighted by Crippen LogP contribution is -2.32. The summed E-state index contributed by atoms with van der Waals surface area (Å²) >= 11 is 3.14. The van der Waals surface area contributed by atoms with Gasteiger partial charge in [-0.05, 0) is 65.2 Å². The number of carbonyl (C=O) groups is 1. The normalized spacial score (nSPS) is 20.1. The van der Waals surface area contributed by atoms with Crippen LogP contribution in [0.3, 0.4) is 0 Å². The van der Waals surface area contributed by atoms with Crippen LogP contribution >= 0.6 is 15.9 Å². The van der Waals surface area contributed by atoms with Gasteiger partial charge in [0.15, 0.2) is 0 Å². The third-order valence-corrected chi connectivity index (χ3v) is 4.78. The molecule has 0 spiro atoms. The first-order valence-electron chi connectivity index (χ1n) is 7.23. The minimum Gasteiger partial charge on any atom is -0.339 e. The monoisotopic (exact) mass is 341 g/mol. The quantitative estimate of drug-likeness (QED) is 0.776. The maximum Gasteiger partial charge on any atom is 0.253 e. The number of hydrogen-bond acceptors (Lipinski definition) is 1. The molecule has 0 saturated carbocycles. The highest BCUT2D eigenvalue weighted by Crippen LogP contribution is 2.26. The highest BCUT2D eigenvalue weighted by atomic mass is 79.9. The van der Waals surface area contributed by atoms with Gasteiger partial charge in [-0.15, -0.1) is 0 Å². The molecule has 0 N–H and O–H groups in total. The van der Waals surface area contributed by atoms with Crippen molar-refractivity contribution >= 4 is 21.8 Å². The molecule has 1 aromatic carbocycles. The molecular weight excluding hydrogens is 321 g/mol. The van der Waals surface area contributed by atoms with Crippen molar-refractivity contribution in [3.63, 3.8) is 0 Å². The zero-order valence-corrected chi connectivity index (χ0v) is 13.6. The Kier molecular flexibility index (Phi) is 5.19. The number of amides is 1. The SMILES string of the molecule is CC(C)C1CCCN(C(=O)c2ccc(F)c(Br)c2)CC1. The van der Waals surface area contributed by atoms with Gasteiger partial charge in [-0.3, -0.25) is 4.79 Å². The standard InChI is InChI=1S/C16H21BrFNO/c1-11(2)12-4-3-8-19(9-7-12)16(20)13-5-6-15(18)14(17)10-13/h5-6,10-12H,3-4,7-9H2,1-2H3. The third-order valence-electron chi connectivity index (χ3n) is 4.17. The van der Waals surface area contributed by atoms with Gasteiger partial charge in [0, 0.05) is 18.7 Å². The Bertz CT molecular complexity index is 489. The summed E-state index contributed by atoms with van der Waals surface area (Å²) in [6.45, 7) is 6.10. The van der Waals surface area contributed by atoms with E-state index in [9.17, 15) is 9.18 Å². The summed E-state index contributed by atoms with van der Waals surface area (Å²) in [6.07, 6.45) is 3.30. The molecule has 2 nitrogen and oxygen atoms in total. The van der Waals surface area contributed by atoms with Gasteiger partial charge in [0.25, 0.3) is 5.91 Å². The van der Waals surface area contributed by atoms with Crippen molar-refractivity contribution in [3.8, 4) is 0 Å². The summed E-state index contributed by atoms with van der Waals surface area (Å²) in [6, 6.07) is 4.47. The van der Waals surface area contributed by atoms with Gasteiger partial charge in [0.05, 0.1) is 4.47 Å². The Morgan fingerprint density at radius 2 is 2.10 bits per heavy atom. The Labute approximate surface area is 128 Å². The van der Waals surface area contributed by atoms with E-state index in [2.05, 4.69) is 29.8 Å². The fraction of sp³-hybridized carbons (Fsp3) is 0.562. The summed E-state index contributed by atoms with van der Waals surface area (Å²) in [7, 11) is 0. The molecule has 0 radical (unpaired) electrons. The van der Waals surface area contributed by atoms with E-state index in [1.54, 1.807) is 12.1 Å². The van der Waals surface area contributed by atoms with Crippen molar-refractivity contribution in [2.24, 2.45) is 11.8 Å². The number of likely N-dealkylation sites (tertiary alicyclic amines) is 1. The maximum absolute atomic E-state index is 13.2. The maximum atomic E-state index is 13.2. The summed E-state index contributed by atoms with van der Waals surface area (Å²) in [4.78, 5) is 14.4. The number of rotatable bonds is 2. The van der Waals surface area contributed by atoms with Crippen LogP contribution in [0.4, 0.5) is 4.39 Å². The van der Waals surface area contributed by atoms with Crippen LogP contribution < -0.4 is 0 Å². The highest BCUT2D eigenvalue weighted by Gasteiger charge is 2.23. The molecule has 1 amide bonds. The summed E-state index contributed by atoms with van der Waals surface area (Å²) in [5, 5.41) is 0. The van der Waals surface area contributed by atoms with Crippen molar-refractivity contribution in [1.82, 2.24) is 4.90 Å². The van der Waals surface area contributed by atoms with Crippen molar-refractivity contribution in [1.29, 1.82) is 0 Å². The molecule has 1 aliphatic heterocycles. The average Bonchev–Trinajstić information content (AvgIpc) is 2.67. The second-order valence-corrected chi connectivity index (χ2v) is 6.71. The number of carbonyl (C=O) groups excluding carboxylic acids is 1. The van der Waals surface area contributed by atoms with E-state index in [0.717, 1.165) is 25.9 Å². The molecule has 0 bridgehead atoms. The molecule has 1 unspecified atom stereocenters. The predicted molar refractivity (Wildman–Crippen MR) is 82.2 cm³/mol. The van der Waals surface area contributed by atoms with E-state index in [4.69, 9.17) is 0 Å². The molecule has 2 rings (SSSR count). The van der Waals surface area contributed by atoms with Crippen molar-refractivity contribution in [2.45, 2.75) is 33.1 Å². The third kappa shape index (κ3) is 3.60. The molecule has 1 heterocycles. The number of nitrogens with zero attached hydrogens (tertiary/aromatic N) is 1. The lowest BCUT2D eigenvalue weighted by Gasteiger charge is -2.21. The first-order chi connectivity index (χ1) is 9.49. The van der Waals surface area contributed by atoms with Gasteiger partial charge in [-0.1, -0.05) is 13.8 Å². The molecule has 1 aromatic rings. The van der Waals surface area contributed by atoms with Crippen LogP contribution in [0.25, 0.3) is 0 Å². The molecule has 0 aliphatic carbocycles. The van der Waals surface area contributed by atoms with Crippen LogP contribution in [0.2, 0.25) is 0 Å². The summed E-state index contributed by atoms with van der Waals surface area (Å²) in [5.41, 5.74) is 0.557. The fourth-order valence-corrected chi connectivity index (χ4v) is 3.18. The minimum absolute atomic E-state index is 0.00936. The van der Waals surface area contributed by atoms with Crippen LogP contribution in [0, 0.1) is 17.7 Å². The van der Waals surface area contributed by atoms with Gasteiger partial charge in [-0.2, -0.15) is 0 Å². The van der Waals surface area contributed by atoms with E-state index in [1.165, 1.54) is 12.5 Å². The lowest BCUT2D eigenvalue weighted by molar-refractivity contribution is 0.0758. The van der Waals surface area contributed by atoms with Gasteiger partial charge >= 0.3 is 0 Å².